The molecule has 76 valence electrons. The normalized spacial score (nSPS) is 17.8. The molecule has 0 unspecified atom stereocenters. The third-order valence-corrected chi connectivity index (χ3v) is 3.05. The van der Waals surface area contributed by atoms with E-state index in [-0.39, 0.29) is 5.56 Å². The van der Waals surface area contributed by atoms with Gasteiger partial charge >= 0.3 is 0 Å². The second-order valence-corrected chi connectivity index (χ2v) is 3.97. The summed E-state index contributed by atoms with van der Waals surface area (Å²) >= 11 is 0. The summed E-state index contributed by atoms with van der Waals surface area (Å²) in [6.45, 7) is 3.06. The number of aromatic nitrogens is 2. The SMILES string of the molecule is CCC1(CNc2ncc[nH]c2=O)CC1. The lowest BCUT2D eigenvalue weighted by atomic mass is 10.0. The first-order valence-electron chi connectivity index (χ1n) is 5.03. The minimum atomic E-state index is -0.139. The van der Waals surface area contributed by atoms with Crippen LogP contribution in [0.4, 0.5) is 5.82 Å². The van der Waals surface area contributed by atoms with E-state index in [0.717, 1.165) is 6.54 Å². The van der Waals surface area contributed by atoms with Crippen LogP contribution in [0.2, 0.25) is 0 Å². The molecule has 1 heterocycles. The molecule has 14 heavy (non-hydrogen) atoms. The van der Waals surface area contributed by atoms with E-state index in [1.807, 2.05) is 0 Å². The zero-order valence-electron chi connectivity index (χ0n) is 8.34. The monoisotopic (exact) mass is 193 g/mol. The number of hydrogen-bond donors (Lipinski definition) is 2. The number of nitrogens with zero attached hydrogens (tertiary/aromatic N) is 1. The predicted octanol–water partition coefficient (Wildman–Crippen LogP) is 1.37. The molecule has 4 heteroatoms. The molecule has 1 aliphatic rings. The fraction of sp³-hybridized carbons (Fsp3) is 0.600. The van der Waals surface area contributed by atoms with E-state index >= 15 is 0 Å². The Hall–Kier alpha value is -1.32. The molecular formula is C10H15N3O. The van der Waals surface area contributed by atoms with Gasteiger partial charge in [-0.25, -0.2) is 4.98 Å². The van der Waals surface area contributed by atoms with Gasteiger partial charge in [-0.1, -0.05) is 6.92 Å². The van der Waals surface area contributed by atoms with E-state index in [1.165, 1.54) is 19.3 Å². The van der Waals surface area contributed by atoms with Crippen molar-refractivity contribution >= 4 is 5.82 Å². The first-order chi connectivity index (χ1) is 6.76. The van der Waals surface area contributed by atoms with E-state index in [1.54, 1.807) is 12.4 Å². The molecule has 0 spiro atoms. The first kappa shape index (κ1) is 9.24. The van der Waals surface area contributed by atoms with Crippen molar-refractivity contribution in [2.24, 2.45) is 5.41 Å². The highest BCUT2D eigenvalue weighted by atomic mass is 16.1. The molecule has 2 N–H and O–H groups in total. The standard InChI is InChI=1S/C10H15N3O/c1-2-10(3-4-10)7-13-8-9(14)12-6-5-11-8/h5-6H,2-4,7H2,1H3,(H,11,13)(H,12,14). The Kier molecular flexibility index (Phi) is 2.27. The molecule has 0 saturated heterocycles. The van der Waals surface area contributed by atoms with Gasteiger partial charge in [0.05, 0.1) is 0 Å². The maximum Gasteiger partial charge on any atom is 0.290 e. The largest absolute Gasteiger partial charge is 0.365 e. The van der Waals surface area contributed by atoms with Gasteiger partial charge in [0.25, 0.3) is 5.56 Å². The molecule has 0 atom stereocenters. The smallest absolute Gasteiger partial charge is 0.290 e. The third-order valence-electron chi connectivity index (χ3n) is 3.05. The van der Waals surface area contributed by atoms with Crippen LogP contribution in [-0.4, -0.2) is 16.5 Å². The Balaban J connectivity index is 1.99. The lowest BCUT2D eigenvalue weighted by Gasteiger charge is -2.12. The van der Waals surface area contributed by atoms with Crippen molar-refractivity contribution in [3.05, 3.63) is 22.7 Å². The Bertz CT molecular complexity index is 368. The molecule has 0 bridgehead atoms. The lowest BCUT2D eigenvalue weighted by molar-refractivity contribution is 0.520. The highest BCUT2D eigenvalue weighted by Crippen LogP contribution is 2.48. The average molecular weight is 193 g/mol. The van der Waals surface area contributed by atoms with Gasteiger partial charge in [-0.2, -0.15) is 0 Å². The van der Waals surface area contributed by atoms with Crippen LogP contribution in [0.25, 0.3) is 0 Å². The number of nitrogens with one attached hydrogen (secondary N) is 2. The van der Waals surface area contributed by atoms with Crippen LogP contribution in [0, 0.1) is 5.41 Å². The van der Waals surface area contributed by atoms with E-state index in [2.05, 4.69) is 22.2 Å². The highest BCUT2D eigenvalue weighted by molar-refractivity contribution is 5.31. The molecule has 1 aromatic rings. The van der Waals surface area contributed by atoms with E-state index in [4.69, 9.17) is 0 Å². The molecule has 0 radical (unpaired) electrons. The summed E-state index contributed by atoms with van der Waals surface area (Å²) in [6.07, 6.45) is 6.84. The molecule has 2 rings (SSSR count). The molecule has 0 aliphatic heterocycles. The van der Waals surface area contributed by atoms with Crippen LogP contribution in [0.5, 0.6) is 0 Å². The second kappa shape index (κ2) is 3.44. The summed E-state index contributed by atoms with van der Waals surface area (Å²) in [5, 5.41) is 3.11. The molecule has 0 aromatic carbocycles. The number of anilines is 1. The lowest BCUT2D eigenvalue weighted by Crippen LogP contribution is -2.21. The number of rotatable bonds is 4. The van der Waals surface area contributed by atoms with Crippen LogP contribution in [0.15, 0.2) is 17.2 Å². The molecule has 4 nitrogen and oxygen atoms in total. The van der Waals surface area contributed by atoms with Gasteiger partial charge < -0.3 is 10.3 Å². The van der Waals surface area contributed by atoms with Gasteiger partial charge in [-0.15, -0.1) is 0 Å². The Morgan fingerprint density at radius 1 is 1.64 bits per heavy atom. The Morgan fingerprint density at radius 3 is 3.00 bits per heavy atom. The minimum absolute atomic E-state index is 0.139. The van der Waals surface area contributed by atoms with Gasteiger partial charge in [0, 0.05) is 18.9 Å². The molecule has 1 fully saturated rings. The fourth-order valence-corrected chi connectivity index (χ4v) is 1.58. The molecular weight excluding hydrogens is 178 g/mol. The van der Waals surface area contributed by atoms with Crippen molar-refractivity contribution < 1.29 is 0 Å². The highest BCUT2D eigenvalue weighted by Gasteiger charge is 2.40. The van der Waals surface area contributed by atoms with Gasteiger partial charge in [-0.05, 0) is 24.7 Å². The van der Waals surface area contributed by atoms with Crippen LogP contribution >= 0.6 is 0 Å². The second-order valence-electron chi connectivity index (χ2n) is 3.97. The van der Waals surface area contributed by atoms with E-state index in [9.17, 15) is 4.79 Å². The maximum absolute atomic E-state index is 11.3. The maximum atomic E-state index is 11.3. The first-order valence-corrected chi connectivity index (χ1v) is 5.03. The van der Waals surface area contributed by atoms with Gasteiger partial charge in [0.15, 0.2) is 5.82 Å². The summed E-state index contributed by atoms with van der Waals surface area (Å²) in [5.74, 6) is 0.437. The van der Waals surface area contributed by atoms with Crippen molar-refractivity contribution in [3.8, 4) is 0 Å². The van der Waals surface area contributed by atoms with Gasteiger partial charge in [-0.3, -0.25) is 4.79 Å². The molecule has 1 aliphatic carbocycles. The van der Waals surface area contributed by atoms with Crippen LogP contribution < -0.4 is 10.9 Å². The zero-order chi connectivity index (χ0) is 10.0. The molecule has 1 saturated carbocycles. The van der Waals surface area contributed by atoms with Crippen molar-refractivity contribution in [2.75, 3.05) is 11.9 Å². The quantitative estimate of drug-likeness (QED) is 0.759. The van der Waals surface area contributed by atoms with Crippen molar-refractivity contribution in [1.82, 2.24) is 9.97 Å². The topological polar surface area (TPSA) is 57.8 Å². The van der Waals surface area contributed by atoms with Gasteiger partial charge in [0.1, 0.15) is 0 Å². The average Bonchev–Trinajstić information content (AvgIpc) is 2.98. The van der Waals surface area contributed by atoms with Crippen LogP contribution in [-0.2, 0) is 0 Å². The molecule has 0 amide bonds. The van der Waals surface area contributed by atoms with Crippen molar-refractivity contribution in [2.45, 2.75) is 26.2 Å². The fourth-order valence-electron chi connectivity index (χ4n) is 1.58. The molecule has 1 aromatic heterocycles. The van der Waals surface area contributed by atoms with E-state index < -0.39 is 0 Å². The number of aromatic amines is 1. The third kappa shape index (κ3) is 1.78. The summed E-state index contributed by atoms with van der Waals surface area (Å²) < 4.78 is 0. The van der Waals surface area contributed by atoms with Crippen LogP contribution in [0.1, 0.15) is 26.2 Å². The van der Waals surface area contributed by atoms with E-state index in [0.29, 0.717) is 11.2 Å². The van der Waals surface area contributed by atoms with Crippen LogP contribution in [0.3, 0.4) is 0 Å². The van der Waals surface area contributed by atoms with Crippen molar-refractivity contribution in [3.63, 3.8) is 0 Å². The predicted molar refractivity (Wildman–Crippen MR) is 55.3 cm³/mol. The number of H-pyrrole nitrogens is 1. The van der Waals surface area contributed by atoms with Crippen molar-refractivity contribution in [1.29, 1.82) is 0 Å². The Labute approximate surface area is 82.8 Å². The Morgan fingerprint density at radius 2 is 2.43 bits per heavy atom. The minimum Gasteiger partial charge on any atom is -0.365 e. The zero-order valence-corrected chi connectivity index (χ0v) is 8.34. The summed E-state index contributed by atoms with van der Waals surface area (Å²) in [6, 6.07) is 0. The summed E-state index contributed by atoms with van der Waals surface area (Å²) in [4.78, 5) is 17.8. The summed E-state index contributed by atoms with van der Waals surface area (Å²) in [5.41, 5.74) is 0.295. The van der Waals surface area contributed by atoms with Gasteiger partial charge in [0.2, 0.25) is 0 Å². The number of hydrogen-bond acceptors (Lipinski definition) is 3. The summed E-state index contributed by atoms with van der Waals surface area (Å²) in [7, 11) is 0.